The second-order valence-corrected chi connectivity index (χ2v) is 6.31. The molecule has 0 bridgehead atoms. The van der Waals surface area contributed by atoms with Crippen molar-refractivity contribution in [2.24, 2.45) is 15.9 Å². The summed E-state index contributed by atoms with van der Waals surface area (Å²) in [6, 6.07) is 8.05. The third kappa shape index (κ3) is 2.21. The first-order valence-corrected chi connectivity index (χ1v) is 7.62. The molecule has 1 amide bonds. The number of amides is 1. The quantitative estimate of drug-likeness (QED) is 0.822. The number of hydrogen-bond acceptors (Lipinski definition) is 3. The maximum Gasteiger partial charge on any atom is 0.261 e. The summed E-state index contributed by atoms with van der Waals surface area (Å²) in [5, 5.41) is 0.856. The van der Waals surface area contributed by atoms with Crippen molar-refractivity contribution in [2.75, 3.05) is 0 Å². The largest absolute Gasteiger partial charge is 0.271 e. The number of fused-ring (bicyclic) bond motifs is 1. The van der Waals surface area contributed by atoms with E-state index in [-0.39, 0.29) is 11.8 Å². The van der Waals surface area contributed by atoms with Gasteiger partial charge in [0.15, 0.2) is 0 Å². The Hall–Kier alpha value is -1.20. The van der Waals surface area contributed by atoms with Gasteiger partial charge in [0.05, 0.1) is 5.04 Å². The smallest absolute Gasteiger partial charge is 0.261 e. The Balaban J connectivity index is 2.10. The van der Waals surface area contributed by atoms with Crippen LogP contribution >= 0.6 is 27.7 Å². The number of nitrogens with zero attached hydrogens (tertiary/aromatic N) is 2. The standard InChI is InChI=1S/C14H11BrN2OS/c1-2-10-11(8-3-5-9(15)6-4-8)12-13(18)16-7-17-14(12)19-10/h3-7,12H,2H2,1H3. The van der Waals surface area contributed by atoms with Crippen LogP contribution in [0.3, 0.4) is 0 Å². The predicted molar refractivity (Wildman–Crippen MR) is 83.4 cm³/mol. The van der Waals surface area contributed by atoms with Gasteiger partial charge in [0, 0.05) is 4.47 Å². The molecule has 0 spiro atoms. The average molecular weight is 335 g/mol. The van der Waals surface area contributed by atoms with Crippen molar-refractivity contribution in [3.8, 4) is 0 Å². The highest BCUT2D eigenvalue weighted by Crippen LogP contribution is 2.46. The van der Waals surface area contributed by atoms with Crippen LogP contribution in [0, 0.1) is 5.92 Å². The molecule has 0 aromatic heterocycles. The van der Waals surface area contributed by atoms with Gasteiger partial charge in [0.2, 0.25) is 0 Å². The van der Waals surface area contributed by atoms with E-state index < -0.39 is 0 Å². The molecule has 19 heavy (non-hydrogen) atoms. The minimum Gasteiger partial charge on any atom is -0.271 e. The van der Waals surface area contributed by atoms with Crippen LogP contribution in [0.5, 0.6) is 0 Å². The monoisotopic (exact) mass is 334 g/mol. The topological polar surface area (TPSA) is 41.8 Å². The third-order valence-electron chi connectivity index (χ3n) is 3.16. The Morgan fingerprint density at radius 3 is 2.74 bits per heavy atom. The molecular weight excluding hydrogens is 324 g/mol. The number of benzene rings is 1. The molecule has 0 saturated heterocycles. The summed E-state index contributed by atoms with van der Waals surface area (Å²) in [7, 11) is 0. The number of aliphatic imine (C=N–C) groups is 2. The van der Waals surface area contributed by atoms with E-state index in [4.69, 9.17) is 0 Å². The van der Waals surface area contributed by atoms with Crippen LogP contribution in [-0.4, -0.2) is 17.3 Å². The average Bonchev–Trinajstić information content (AvgIpc) is 2.80. The van der Waals surface area contributed by atoms with Gasteiger partial charge in [-0.15, -0.1) is 0 Å². The predicted octanol–water partition coefficient (Wildman–Crippen LogP) is 3.90. The summed E-state index contributed by atoms with van der Waals surface area (Å²) < 4.78 is 1.03. The molecule has 1 atom stereocenters. The minimum absolute atomic E-state index is 0.112. The van der Waals surface area contributed by atoms with Crippen LogP contribution in [0.2, 0.25) is 0 Å². The van der Waals surface area contributed by atoms with Crippen molar-refractivity contribution < 1.29 is 4.79 Å². The highest BCUT2D eigenvalue weighted by atomic mass is 79.9. The number of allylic oxidation sites excluding steroid dienone is 1. The van der Waals surface area contributed by atoms with Crippen molar-refractivity contribution in [3.05, 3.63) is 39.2 Å². The maximum absolute atomic E-state index is 12.1. The van der Waals surface area contributed by atoms with Gasteiger partial charge in [-0.2, -0.15) is 0 Å². The molecule has 2 heterocycles. The number of carbonyl (C=O) groups is 1. The molecular formula is C14H11BrN2OS. The van der Waals surface area contributed by atoms with Gasteiger partial charge in [-0.3, -0.25) is 4.79 Å². The Morgan fingerprint density at radius 2 is 2.05 bits per heavy atom. The van der Waals surface area contributed by atoms with Gasteiger partial charge in [-0.05, 0) is 34.6 Å². The van der Waals surface area contributed by atoms with Gasteiger partial charge in [-0.25, -0.2) is 9.98 Å². The van der Waals surface area contributed by atoms with Crippen LogP contribution in [0.25, 0.3) is 5.57 Å². The second-order valence-electron chi connectivity index (χ2n) is 4.28. The lowest BCUT2D eigenvalue weighted by Crippen LogP contribution is -2.21. The molecule has 0 aliphatic carbocycles. The maximum atomic E-state index is 12.1. The zero-order chi connectivity index (χ0) is 13.4. The van der Waals surface area contributed by atoms with Crippen molar-refractivity contribution in [1.82, 2.24) is 0 Å². The highest BCUT2D eigenvalue weighted by Gasteiger charge is 2.38. The Morgan fingerprint density at radius 1 is 1.32 bits per heavy atom. The first kappa shape index (κ1) is 12.8. The molecule has 0 N–H and O–H groups in total. The molecule has 0 radical (unpaired) electrons. The Labute approximate surface area is 124 Å². The van der Waals surface area contributed by atoms with Crippen LogP contribution in [0.1, 0.15) is 18.9 Å². The lowest BCUT2D eigenvalue weighted by molar-refractivity contribution is -0.118. The lowest BCUT2D eigenvalue weighted by Gasteiger charge is -2.14. The van der Waals surface area contributed by atoms with E-state index >= 15 is 0 Å². The fourth-order valence-electron chi connectivity index (χ4n) is 2.29. The molecule has 0 fully saturated rings. The van der Waals surface area contributed by atoms with E-state index in [0.717, 1.165) is 27.1 Å². The lowest BCUT2D eigenvalue weighted by atomic mass is 9.91. The van der Waals surface area contributed by atoms with Gasteiger partial charge in [0.1, 0.15) is 12.3 Å². The molecule has 0 saturated carbocycles. The van der Waals surface area contributed by atoms with Crippen molar-refractivity contribution in [3.63, 3.8) is 0 Å². The fourth-order valence-corrected chi connectivity index (χ4v) is 3.73. The molecule has 5 heteroatoms. The summed E-state index contributed by atoms with van der Waals surface area (Å²) in [6.07, 6.45) is 2.26. The number of hydrogen-bond donors (Lipinski definition) is 0. The van der Waals surface area contributed by atoms with E-state index in [1.165, 1.54) is 11.2 Å². The van der Waals surface area contributed by atoms with E-state index in [9.17, 15) is 4.79 Å². The van der Waals surface area contributed by atoms with Gasteiger partial charge in [-0.1, -0.05) is 46.7 Å². The van der Waals surface area contributed by atoms with Crippen molar-refractivity contribution in [1.29, 1.82) is 0 Å². The van der Waals surface area contributed by atoms with Crippen LogP contribution in [-0.2, 0) is 4.79 Å². The summed E-state index contributed by atoms with van der Waals surface area (Å²) >= 11 is 5.04. The first-order chi connectivity index (χ1) is 9.20. The van der Waals surface area contributed by atoms with Crippen LogP contribution in [0.15, 0.2) is 43.6 Å². The number of halogens is 1. The molecule has 3 nitrogen and oxygen atoms in total. The van der Waals surface area contributed by atoms with E-state index in [1.54, 1.807) is 11.8 Å². The first-order valence-electron chi connectivity index (χ1n) is 6.01. The SMILES string of the molecule is CCC1=C(c2ccc(Br)cc2)C2C(=O)N=CN=C2S1. The number of rotatable bonds is 2. The highest BCUT2D eigenvalue weighted by molar-refractivity contribution is 9.10. The van der Waals surface area contributed by atoms with Crippen molar-refractivity contribution in [2.45, 2.75) is 13.3 Å². The summed E-state index contributed by atoms with van der Waals surface area (Å²) in [6.45, 7) is 2.10. The molecule has 3 rings (SSSR count). The number of carbonyl (C=O) groups excluding carboxylic acids is 1. The van der Waals surface area contributed by atoms with Crippen LogP contribution in [0.4, 0.5) is 0 Å². The van der Waals surface area contributed by atoms with Crippen molar-refractivity contribution >= 4 is 50.6 Å². The molecule has 2 aliphatic rings. The molecule has 96 valence electrons. The second kappa shape index (κ2) is 5.06. The summed E-state index contributed by atoms with van der Waals surface area (Å²) in [4.78, 5) is 21.3. The zero-order valence-corrected chi connectivity index (χ0v) is 12.7. The van der Waals surface area contributed by atoms with E-state index in [1.807, 2.05) is 24.3 Å². The third-order valence-corrected chi connectivity index (χ3v) is 4.99. The molecule has 2 aliphatic heterocycles. The van der Waals surface area contributed by atoms with E-state index in [0.29, 0.717) is 0 Å². The summed E-state index contributed by atoms with van der Waals surface area (Å²) in [5.41, 5.74) is 2.15. The van der Waals surface area contributed by atoms with Gasteiger partial charge < -0.3 is 0 Å². The van der Waals surface area contributed by atoms with Gasteiger partial charge in [0.25, 0.3) is 5.91 Å². The fraction of sp³-hybridized carbons (Fsp3) is 0.214. The molecule has 1 aromatic carbocycles. The molecule has 1 aromatic rings. The normalized spacial score (nSPS) is 21.7. The Kier molecular flexibility index (Phi) is 3.41. The molecule has 1 unspecified atom stereocenters. The van der Waals surface area contributed by atoms with Gasteiger partial charge >= 0.3 is 0 Å². The summed E-state index contributed by atoms with van der Waals surface area (Å²) in [5.74, 6) is -0.412. The minimum atomic E-state index is -0.300. The Bertz CT molecular complexity index is 631. The number of thioether (sulfide) groups is 1. The van der Waals surface area contributed by atoms with E-state index in [2.05, 4.69) is 32.8 Å². The van der Waals surface area contributed by atoms with Crippen LogP contribution < -0.4 is 0 Å². The zero-order valence-electron chi connectivity index (χ0n) is 10.3.